The van der Waals surface area contributed by atoms with E-state index in [1.165, 1.54) is 0 Å². The van der Waals surface area contributed by atoms with Crippen molar-refractivity contribution >= 4 is 0 Å². The standard InChI is InChI=1S/C20H22F3N5O/c1-14-9-16(10-15(2)19(14)29-13-20(21,22)23)11-27(3)12-18-24-25-26-28(18)17-7-5-4-6-8-17/h4-10H,11-13H2,1-3H3. The molecule has 0 aliphatic rings. The highest BCUT2D eigenvalue weighted by atomic mass is 19.4. The summed E-state index contributed by atoms with van der Waals surface area (Å²) in [7, 11) is 1.93. The Morgan fingerprint density at radius 3 is 2.31 bits per heavy atom. The number of benzene rings is 2. The lowest BCUT2D eigenvalue weighted by molar-refractivity contribution is -0.153. The molecule has 9 heteroatoms. The molecule has 0 radical (unpaired) electrons. The smallest absolute Gasteiger partial charge is 0.422 e. The van der Waals surface area contributed by atoms with Gasteiger partial charge >= 0.3 is 6.18 Å². The van der Waals surface area contributed by atoms with Crippen molar-refractivity contribution in [2.24, 2.45) is 0 Å². The fourth-order valence-corrected chi connectivity index (χ4v) is 3.20. The van der Waals surface area contributed by atoms with Gasteiger partial charge in [-0.25, -0.2) is 0 Å². The van der Waals surface area contributed by atoms with Crippen LogP contribution in [-0.4, -0.2) is 44.9 Å². The SMILES string of the molecule is Cc1cc(CN(C)Cc2nnnn2-c2ccccc2)cc(C)c1OCC(F)(F)F. The maximum Gasteiger partial charge on any atom is 0.422 e. The number of tetrazole rings is 1. The summed E-state index contributed by atoms with van der Waals surface area (Å²) in [4.78, 5) is 2.04. The van der Waals surface area contributed by atoms with Crippen LogP contribution < -0.4 is 4.74 Å². The first-order valence-corrected chi connectivity index (χ1v) is 9.04. The van der Waals surface area contributed by atoms with Crippen LogP contribution in [0.3, 0.4) is 0 Å². The third-order valence-corrected chi connectivity index (χ3v) is 4.30. The third-order valence-electron chi connectivity index (χ3n) is 4.30. The van der Waals surface area contributed by atoms with Gasteiger partial charge in [0, 0.05) is 6.54 Å². The van der Waals surface area contributed by atoms with Crippen LogP contribution in [-0.2, 0) is 13.1 Å². The van der Waals surface area contributed by atoms with Crippen LogP contribution in [0.25, 0.3) is 5.69 Å². The highest BCUT2D eigenvalue weighted by molar-refractivity contribution is 5.43. The van der Waals surface area contributed by atoms with Gasteiger partial charge < -0.3 is 4.74 Å². The molecule has 0 saturated carbocycles. The number of hydrogen-bond acceptors (Lipinski definition) is 5. The first-order valence-electron chi connectivity index (χ1n) is 9.04. The molecule has 3 rings (SSSR count). The number of alkyl halides is 3. The van der Waals surface area contributed by atoms with E-state index < -0.39 is 12.8 Å². The molecule has 0 N–H and O–H groups in total. The van der Waals surface area contributed by atoms with Gasteiger partial charge in [-0.15, -0.1) is 5.10 Å². The summed E-state index contributed by atoms with van der Waals surface area (Å²) in [5, 5.41) is 11.9. The molecular weight excluding hydrogens is 383 g/mol. The maximum absolute atomic E-state index is 12.4. The van der Waals surface area contributed by atoms with Gasteiger partial charge in [0.05, 0.1) is 12.2 Å². The average Bonchev–Trinajstić information content (AvgIpc) is 3.08. The van der Waals surface area contributed by atoms with E-state index in [-0.39, 0.29) is 5.75 Å². The molecule has 6 nitrogen and oxygen atoms in total. The minimum atomic E-state index is -4.36. The number of halogens is 3. The molecule has 0 unspecified atom stereocenters. The van der Waals surface area contributed by atoms with Crippen molar-refractivity contribution in [2.75, 3.05) is 13.7 Å². The monoisotopic (exact) mass is 405 g/mol. The summed E-state index contributed by atoms with van der Waals surface area (Å²) < 4.78 is 44.0. The number of nitrogens with zero attached hydrogens (tertiary/aromatic N) is 5. The van der Waals surface area contributed by atoms with Gasteiger partial charge in [-0.05, 0) is 60.1 Å². The predicted molar refractivity (Wildman–Crippen MR) is 102 cm³/mol. The molecule has 0 aliphatic heterocycles. The van der Waals surface area contributed by atoms with Gasteiger partial charge in [0.25, 0.3) is 0 Å². The first kappa shape index (κ1) is 20.8. The first-order chi connectivity index (χ1) is 13.7. The highest BCUT2D eigenvalue weighted by Crippen LogP contribution is 2.27. The molecule has 29 heavy (non-hydrogen) atoms. The molecule has 0 atom stereocenters. The van der Waals surface area contributed by atoms with Crippen molar-refractivity contribution in [3.63, 3.8) is 0 Å². The normalized spacial score (nSPS) is 11.8. The zero-order chi connectivity index (χ0) is 21.0. The van der Waals surface area contributed by atoms with Crippen molar-refractivity contribution in [1.82, 2.24) is 25.1 Å². The Bertz CT molecular complexity index is 933. The average molecular weight is 405 g/mol. The Morgan fingerprint density at radius 2 is 1.69 bits per heavy atom. The Morgan fingerprint density at radius 1 is 1.03 bits per heavy atom. The summed E-state index contributed by atoms with van der Waals surface area (Å²) in [6.45, 7) is 3.29. The molecule has 0 amide bonds. The second kappa shape index (κ2) is 8.60. The molecule has 0 saturated heterocycles. The Labute approximate surface area is 166 Å². The van der Waals surface area contributed by atoms with Gasteiger partial charge in [0.15, 0.2) is 12.4 Å². The Kier molecular flexibility index (Phi) is 6.17. The van der Waals surface area contributed by atoms with E-state index in [0.717, 1.165) is 11.3 Å². The predicted octanol–water partition coefficient (Wildman–Crippen LogP) is 3.85. The molecule has 3 aromatic rings. The summed E-state index contributed by atoms with van der Waals surface area (Å²) >= 11 is 0. The molecule has 154 valence electrons. The maximum atomic E-state index is 12.4. The summed E-state index contributed by atoms with van der Waals surface area (Å²) in [6.07, 6.45) is -4.36. The molecule has 0 bridgehead atoms. The van der Waals surface area contributed by atoms with Crippen LogP contribution >= 0.6 is 0 Å². The Balaban J connectivity index is 1.69. The lowest BCUT2D eigenvalue weighted by atomic mass is 10.1. The van der Waals surface area contributed by atoms with E-state index in [9.17, 15) is 13.2 Å². The van der Waals surface area contributed by atoms with E-state index in [4.69, 9.17) is 4.74 Å². The van der Waals surface area contributed by atoms with E-state index in [0.29, 0.717) is 30.0 Å². The third kappa shape index (κ3) is 5.54. The van der Waals surface area contributed by atoms with Crippen LogP contribution in [0.15, 0.2) is 42.5 Å². The largest absolute Gasteiger partial charge is 0.484 e. The summed E-state index contributed by atoms with van der Waals surface area (Å²) in [6, 6.07) is 13.3. The number of hydrogen-bond donors (Lipinski definition) is 0. The minimum Gasteiger partial charge on any atom is -0.484 e. The fourth-order valence-electron chi connectivity index (χ4n) is 3.20. The van der Waals surface area contributed by atoms with Gasteiger partial charge in [-0.2, -0.15) is 17.9 Å². The zero-order valence-corrected chi connectivity index (χ0v) is 16.4. The fraction of sp³-hybridized carbons (Fsp3) is 0.350. The second-order valence-corrected chi connectivity index (χ2v) is 6.98. The summed E-state index contributed by atoms with van der Waals surface area (Å²) in [5.41, 5.74) is 3.19. The van der Waals surface area contributed by atoms with Gasteiger partial charge in [0.2, 0.25) is 0 Å². The highest BCUT2D eigenvalue weighted by Gasteiger charge is 2.29. The number of aryl methyl sites for hydroxylation is 2. The van der Waals surface area contributed by atoms with E-state index in [1.807, 2.05) is 54.4 Å². The molecule has 0 aliphatic carbocycles. The molecule has 1 heterocycles. The molecule has 1 aromatic heterocycles. The zero-order valence-electron chi connectivity index (χ0n) is 16.4. The number of para-hydroxylation sites is 1. The van der Waals surface area contributed by atoms with E-state index >= 15 is 0 Å². The van der Waals surface area contributed by atoms with Crippen LogP contribution in [0.2, 0.25) is 0 Å². The van der Waals surface area contributed by atoms with Gasteiger partial charge in [-0.1, -0.05) is 30.3 Å². The Hall–Kier alpha value is -2.94. The topological polar surface area (TPSA) is 56.1 Å². The lowest BCUT2D eigenvalue weighted by Crippen LogP contribution is -2.21. The lowest BCUT2D eigenvalue weighted by Gasteiger charge is -2.19. The van der Waals surface area contributed by atoms with Crippen molar-refractivity contribution in [3.8, 4) is 11.4 Å². The minimum absolute atomic E-state index is 0.279. The van der Waals surface area contributed by atoms with Crippen LogP contribution in [0.1, 0.15) is 22.5 Å². The van der Waals surface area contributed by atoms with Gasteiger partial charge in [0.1, 0.15) is 5.75 Å². The van der Waals surface area contributed by atoms with E-state index in [1.54, 1.807) is 18.5 Å². The number of ether oxygens (including phenoxy) is 1. The number of aromatic nitrogens is 4. The van der Waals surface area contributed by atoms with Crippen LogP contribution in [0.5, 0.6) is 5.75 Å². The quantitative estimate of drug-likeness (QED) is 0.598. The molecule has 0 spiro atoms. The second-order valence-electron chi connectivity index (χ2n) is 6.98. The summed E-state index contributed by atoms with van der Waals surface area (Å²) in [5.74, 6) is 0.971. The van der Waals surface area contributed by atoms with Crippen molar-refractivity contribution in [1.29, 1.82) is 0 Å². The van der Waals surface area contributed by atoms with Crippen molar-refractivity contribution < 1.29 is 17.9 Å². The van der Waals surface area contributed by atoms with Crippen LogP contribution in [0, 0.1) is 13.8 Å². The van der Waals surface area contributed by atoms with Gasteiger partial charge in [-0.3, -0.25) is 4.90 Å². The molecule has 0 fully saturated rings. The van der Waals surface area contributed by atoms with Crippen molar-refractivity contribution in [3.05, 3.63) is 65.0 Å². The van der Waals surface area contributed by atoms with Crippen molar-refractivity contribution in [2.45, 2.75) is 33.1 Å². The number of rotatable bonds is 7. The molecular formula is C20H22F3N5O. The molecule has 2 aromatic carbocycles. The van der Waals surface area contributed by atoms with Crippen LogP contribution in [0.4, 0.5) is 13.2 Å². The van der Waals surface area contributed by atoms with E-state index in [2.05, 4.69) is 15.5 Å².